The van der Waals surface area contributed by atoms with Crippen molar-refractivity contribution in [2.24, 2.45) is 0 Å². The van der Waals surface area contributed by atoms with Crippen molar-refractivity contribution >= 4 is 28.8 Å². The molecular formula is C27H21ClN2OS. The molecule has 1 aliphatic rings. The zero-order chi connectivity index (χ0) is 22.1. The molecule has 0 radical (unpaired) electrons. The van der Waals surface area contributed by atoms with Gasteiger partial charge in [0.15, 0.2) is 0 Å². The quantitative estimate of drug-likeness (QED) is 0.317. The number of rotatable bonds is 4. The number of pyridine rings is 1. The molecule has 0 spiro atoms. The smallest absolute Gasteiger partial charge is 0.246 e. The second kappa shape index (κ2) is 8.73. The number of carbonyl (C=O) groups is 1. The van der Waals surface area contributed by atoms with E-state index in [9.17, 15) is 4.79 Å². The summed E-state index contributed by atoms with van der Waals surface area (Å²) in [5.41, 5.74) is 6.57. The molecule has 1 atom stereocenters. The topological polar surface area (TPSA) is 33.2 Å². The molecule has 0 unspecified atom stereocenters. The van der Waals surface area contributed by atoms with Crippen LogP contribution in [0.15, 0.2) is 91.6 Å². The van der Waals surface area contributed by atoms with Crippen LogP contribution in [0.3, 0.4) is 0 Å². The van der Waals surface area contributed by atoms with E-state index in [1.165, 1.54) is 11.6 Å². The third-order valence-corrected chi connectivity index (χ3v) is 7.16. The van der Waals surface area contributed by atoms with Crippen molar-refractivity contribution in [1.82, 2.24) is 9.88 Å². The van der Waals surface area contributed by atoms with Gasteiger partial charge in [0, 0.05) is 34.7 Å². The average Bonchev–Trinajstić information content (AvgIpc) is 3.23. The van der Waals surface area contributed by atoms with Gasteiger partial charge in [-0.1, -0.05) is 78.8 Å². The number of fused-ring (bicyclic) bond motifs is 1. The number of hydrogen-bond acceptors (Lipinski definition) is 3. The molecule has 0 saturated heterocycles. The fourth-order valence-electron chi connectivity index (χ4n) is 4.44. The lowest BCUT2D eigenvalue weighted by Crippen LogP contribution is -2.37. The molecule has 0 bridgehead atoms. The second-order valence-electron chi connectivity index (χ2n) is 7.76. The molecule has 0 N–H and O–H groups in total. The average molecular weight is 457 g/mol. The molecule has 1 amide bonds. The zero-order valence-corrected chi connectivity index (χ0v) is 18.9. The van der Waals surface area contributed by atoms with E-state index in [0.717, 1.165) is 37.2 Å². The lowest BCUT2D eigenvalue weighted by atomic mass is 9.83. The Morgan fingerprint density at radius 1 is 1.03 bits per heavy atom. The summed E-state index contributed by atoms with van der Waals surface area (Å²) < 4.78 is 0.747. The van der Waals surface area contributed by atoms with Crippen LogP contribution in [-0.2, 0) is 11.3 Å². The first-order valence-corrected chi connectivity index (χ1v) is 11.6. The second-order valence-corrected chi connectivity index (χ2v) is 9.53. The third kappa shape index (κ3) is 3.77. The van der Waals surface area contributed by atoms with Gasteiger partial charge in [0.2, 0.25) is 5.91 Å². The van der Waals surface area contributed by atoms with Crippen LogP contribution in [0.25, 0.3) is 22.4 Å². The van der Waals surface area contributed by atoms with Crippen LogP contribution in [0, 0.1) is 0 Å². The van der Waals surface area contributed by atoms with E-state index in [4.69, 9.17) is 16.6 Å². The molecular weight excluding hydrogens is 436 g/mol. The maximum Gasteiger partial charge on any atom is 0.246 e. The Kier molecular flexibility index (Phi) is 5.64. The molecule has 2 aromatic carbocycles. The molecule has 2 aromatic heterocycles. The minimum absolute atomic E-state index is 0.0198. The maximum absolute atomic E-state index is 12.5. The van der Waals surface area contributed by atoms with E-state index in [1.807, 2.05) is 35.4 Å². The van der Waals surface area contributed by atoms with E-state index >= 15 is 0 Å². The number of amides is 1. The Morgan fingerprint density at radius 3 is 2.59 bits per heavy atom. The summed E-state index contributed by atoms with van der Waals surface area (Å²) in [6.45, 7) is 4.84. The molecule has 158 valence electrons. The first-order valence-electron chi connectivity index (χ1n) is 10.4. The molecule has 1 aliphatic heterocycles. The highest BCUT2D eigenvalue weighted by Gasteiger charge is 2.32. The van der Waals surface area contributed by atoms with Crippen molar-refractivity contribution in [3.63, 3.8) is 0 Å². The van der Waals surface area contributed by atoms with Gasteiger partial charge in [-0.2, -0.15) is 0 Å². The van der Waals surface area contributed by atoms with Crippen molar-refractivity contribution in [3.8, 4) is 22.4 Å². The highest BCUT2D eigenvalue weighted by Crippen LogP contribution is 2.44. The molecule has 3 heterocycles. The van der Waals surface area contributed by atoms with Gasteiger partial charge in [-0.3, -0.25) is 9.78 Å². The van der Waals surface area contributed by atoms with Crippen molar-refractivity contribution in [1.29, 1.82) is 0 Å². The van der Waals surface area contributed by atoms with Gasteiger partial charge in [0.05, 0.1) is 16.6 Å². The van der Waals surface area contributed by atoms with Crippen LogP contribution in [0.5, 0.6) is 0 Å². The number of carbonyl (C=O) groups excluding carboxylic acids is 1. The lowest BCUT2D eigenvalue weighted by Gasteiger charge is -2.33. The first-order chi connectivity index (χ1) is 15.7. The van der Waals surface area contributed by atoms with Gasteiger partial charge in [-0.05, 0) is 34.9 Å². The van der Waals surface area contributed by atoms with Crippen molar-refractivity contribution in [2.75, 3.05) is 6.54 Å². The van der Waals surface area contributed by atoms with E-state index in [2.05, 4.69) is 55.1 Å². The summed E-state index contributed by atoms with van der Waals surface area (Å²) in [7, 11) is 0. The van der Waals surface area contributed by atoms with Gasteiger partial charge in [0.25, 0.3) is 0 Å². The van der Waals surface area contributed by atoms with Crippen molar-refractivity contribution < 1.29 is 4.79 Å². The molecule has 3 nitrogen and oxygen atoms in total. The zero-order valence-electron chi connectivity index (χ0n) is 17.4. The third-order valence-electron chi connectivity index (χ3n) is 5.89. The normalized spacial score (nSPS) is 15.3. The monoisotopic (exact) mass is 456 g/mol. The van der Waals surface area contributed by atoms with Gasteiger partial charge >= 0.3 is 0 Å². The molecule has 4 aromatic rings. The Bertz CT molecular complexity index is 1300. The predicted octanol–water partition coefficient (Wildman–Crippen LogP) is 6.79. The predicted molar refractivity (Wildman–Crippen MR) is 132 cm³/mol. The Hall–Kier alpha value is -3.21. The largest absolute Gasteiger partial charge is 0.333 e. The maximum atomic E-state index is 12.5. The van der Waals surface area contributed by atoms with Crippen molar-refractivity contribution in [3.05, 3.63) is 112 Å². The number of halogens is 1. The Labute approximate surface area is 196 Å². The van der Waals surface area contributed by atoms with E-state index < -0.39 is 0 Å². The Balaban J connectivity index is 1.67. The summed E-state index contributed by atoms with van der Waals surface area (Å²) in [6, 6.07) is 24.8. The van der Waals surface area contributed by atoms with Gasteiger partial charge in [-0.15, -0.1) is 11.3 Å². The fraction of sp³-hybridized carbons (Fsp3) is 0.111. The summed E-state index contributed by atoms with van der Waals surface area (Å²) >= 11 is 7.96. The fourth-order valence-corrected chi connectivity index (χ4v) is 5.80. The summed E-state index contributed by atoms with van der Waals surface area (Å²) in [4.78, 5) is 20.2. The molecule has 5 rings (SSSR count). The van der Waals surface area contributed by atoms with Crippen LogP contribution in [-0.4, -0.2) is 22.3 Å². The van der Waals surface area contributed by atoms with Crippen LogP contribution in [0.2, 0.25) is 4.34 Å². The minimum Gasteiger partial charge on any atom is -0.333 e. The number of thiophene rings is 1. The van der Waals surface area contributed by atoms with Gasteiger partial charge < -0.3 is 4.90 Å². The minimum atomic E-state index is -0.0611. The van der Waals surface area contributed by atoms with Crippen LogP contribution in [0.4, 0.5) is 0 Å². The molecule has 0 saturated carbocycles. The van der Waals surface area contributed by atoms with Gasteiger partial charge in [-0.25, -0.2) is 0 Å². The Morgan fingerprint density at radius 2 is 1.78 bits per heavy atom. The molecule has 0 aliphatic carbocycles. The van der Waals surface area contributed by atoms with Gasteiger partial charge in [0.1, 0.15) is 0 Å². The summed E-state index contributed by atoms with van der Waals surface area (Å²) in [6.07, 6.45) is 3.22. The van der Waals surface area contributed by atoms with Crippen LogP contribution < -0.4 is 0 Å². The van der Waals surface area contributed by atoms with Crippen LogP contribution >= 0.6 is 22.9 Å². The number of hydrogen-bond donors (Lipinski definition) is 0. The number of aromatic nitrogens is 1. The SMILES string of the molecule is C=CC(=O)N1Cc2sc(Cl)cc2[C@H](c2ccccc2-c2cccnc2-c2ccccc2)C1. The lowest BCUT2D eigenvalue weighted by molar-refractivity contribution is -0.127. The standard InChI is InChI=1S/C27H21ClN2OS/c1-2-26(31)30-16-23(22-15-25(28)32-24(22)17-30)20-12-7-6-11-19(20)21-13-8-14-29-27(21)18-9-4-3-5-10-18/h2-15,23H,1,16-17H2/t23-/m0/s1. The molecule has 0 fully saturated rings. The summed E-state index contributed by atoms with van der Waals surface area (Å²) in [5, 5.41) is 0. The van der Waals surface area contributed by atoms with E-state index in [0.29, 0.717) is 13.1 Å². The first kappa shape index (κ1) is 20.7. The highest BCUT2D eigenvalue weighted by atomic mass is 35.5. The molecule has 5 heteroatoms. The number of benzene rings is 2. The number of nitrogens with zero attached hydrogens (tertiary/aromatic N) is 2. The summed E-state index contributed by atoms with van der Waals surface area (Å²) in [5.74, 6) is -0.0413. The van der Waals surface area contributed by atoms with Crippen molar-refractivity contribution in [2.45, 2.75) is 12.5 Å². The van der Waals surface area contributed by atoms with E-state index in [-0.39, 0.29) is 11.8 Å². The molecule has 32 heavy (non-hydrogen) atoms. The highest BCUT2D eigenvalue weighted by molar-refractivity contribution is 7.16. The van der Waals surface area contributed by atoms with Crippen LogP contribution in [0.1, 0.15) is 21.9 Å². The van der Waals surface area contributed by atoms with E-state index in [1.54, 1.807) is 11.3 Å².